The van der Waals surface area contributed by atoms with Gasteiger partial charge in [0.2, 0.25) is 5.91 Å². The van der Waals surface area contributed by atoms with Gasteiger partial charge in [0.1, 0.15) is 5.82 Å². The van der Waals surface area contributed by atoms with E-state index in [0.717, 1.165) is 31.8 Å². The maximum Gasteiger partial charge on any atom is 0.236 e. The van der Waals surface area contributed by atoms with Crippen molar-refractivity contribution >= 4 is 5.91 Å². The van der Waals surface area contributed by atoms with Crippen LogP contribution in [0.3, 0.4) is 0 Å². The Morgan fingerprint density at radius 2 is 2.11 bits per heavy atom. The molecule has 0 aliphatic rings. The van der Waals surface area contributed by atoms with E-state index in [0.29, 0.717) is 5.92 Å². The molecule has 1 rings (SSSR count). The standard InChI is InChI=1S/C14H26N4O/c1-11(2)5-7-17-14(19)12(3)15-8-6-13-16-9-10-18(13)4/h9-12,15H,5-8H2,1-4H3,(H,17,19). The van der Waals surface area contributed by atoms with Crippen molar-refractivity contribution in [2.45, 2.75) is 39.7 Å². The average Bonchev–Trinajstić information content (AvgIpc) is 2.74. The molecule has 0 aliphatic heterocycles. The minimum absolute atomic E-state index is 0.0699. The summed E-state index contributed by atoms with van der Waals surface area (Å²) in [6.07, 6.45) is 5.56. The topological polar surface area (TPSA) is 59.0 Å². The van der Waals surface area contributed by atoms with Crippen molar-refractivity contribution in [3.05, 3.63) is 18.2 Å². The lowest BCUT2D eigenvalue weighted by atomic mass is 10.1. The van der Waals surface area contributed by atoms with Crippen LogP contribution in [0.25, 0.3) is 0 Å². The number of hydrogen-bond donors (Lipinski definition) is 2. The lowest BCUT2D eigenvalue weighted by molar-refractivity contribution is -0.122. The monoisotopic (exact) mass is 266 g/mol. The first kappa shape index (κ1) is 15.7. The van der Waals surface area contributed by atoms with Crippen molar-refractivity contribution in [2.24, 2.45) is 13.0 Å². The maximum atomic E-state index is 11.8. The van der Waals surface area contributed by atoms with Gasteiger partial charge >= 0.3 is 0 Å². The van der Waals surface area contributed by atoms with Crippen LogP contribution in [0.15, 0.2) is 12.4 Å². The molecule has 1 heterocycles. The van der Waals surface area contributed by atoms with Crippen LogP contribution < -0.4 is 10.6 Å². The van der Waals surface area contributed by atoms with E-state index < -0.39 is 0 Å². The highest BCUT2D eigenvalue weighted by Crippen LogP contribution is 1.97. The van der Waals surface area contributed by atoms with E-state index in [9.17, 15) is 4.79 Å². The van der Waals surface area contributed by atoms with Crippen LogP contribution in [0.2, 0.25) is 0 Å². The van der Waals surface area contributed by atoms with E-state index >= 15 is 0 Å². The molecule has 0 aromatic carbocycles. The smallest absolute Gasteiger partial charge is 0.236 e. The molecule has 0 saturated heterocycles. The Kier molecular flexibility index (Phi) is 6.56. The molecule has 0 spiro atoms. The Labute approximate surface area is 115 Å². The summed E-state index contributed by atoms with van der Waals surface area (Å²) in [6.45, 7) is 7.70. The Hall–Kier alpha value is -1.36. The third-order valence-corrected chi connectivity index (χ3v) is 3.13. The van der Waals surface area contributed by atoms with E-state index in [-0.39, 0.29) is 11.9 Å². The van der Waals surface area contributed by atoms with Crippen LogP contribution in [-0.2, 0) is 18.3 Å². The number of imidazole rings is 1. The molecule has 0 aliphatic carbocycles. The van der Waals surface area contributed by atoms with Gasteiger partial charge in [-0.1, -0.05) is 13.8 Å². The lowest BCUT2D eigenvalue weighted by Gasteiger charge is -2.14. The van der Waals surface area contributed by atoms with E-state index in [1.807, 2.05) is 24.7 Å². The van der Waals surface area contributed by atoms with Crippen molar-refractivity contribution in [1.29, 1.82) is 0 Å². The van der Waals surface area contributed by atoms with Crippen molar-refractivity contribution in [1.82, 2.24) is 20.2 Å². The average molecular weight is 266 g/mol. The van der Waals surface area contributed by atoms with Crippen molar-refractivity contribution in [3.63, 3.8) is 0 Å². The summed E-state index contributed by atoms with van der Waals surface area (Å²) in [5, 5.41) is 6.17. The minimum atomic E-state index is -0.160. The van der Waals surface area contributed by atoms with Crippen LogP contribution in [0.5, 0.6) is 0 Å². The van der Waals surface area contributed by atoms with E-state index in [2.05, 4.69) is 29.5 Å². The third-order valence-electron chi connectivity index (χ3n) is 3.13. The highest BCUT2D eigenvalue weighted by atomic mass is 16.2. The molecular weight excluding hydrogens is 240 g/mol. The van der Waals surface area contributed by atoms with Gasteiger partial charge in [-0.15, -0.1) is 0 Å². The van der Waals surface area contributed by atoms with Gasteiger partial charge in [-0.05, 0) is 19.3 Å². The summed E-state index contributed by atoms with van der Waals surface area (Å²) >= 11 is 0. The summed E-state index contributed by atoms with van der Waals surface area (Å²) in [4.78, 5) is 16.0. The van der Waals surface area contributed by atoms with Crippen LogP contribution in [0.4, 0.5) is 0 Å². The molecule has 0 radical (unpaired) electrons. The molecule has 0 saturated carbocycles. The Balaban J connectivity index is 2.18. The SMILES string of the molecule is CC(C)CCNC(=O)C(C)NCCc1nccn1C. The van der Waals surface area contributed by atoms with Gasteiger partial charge in [0.25, 0.3) is 0 Å². The lowest BCUT2D eigenvalue weighted by Crippen LogP contribution is -2.43. The Bertz CT molecular complexity index is 387. The second-order valence-electron chi connectivity index (χ2n) is 5.35. The zero-order valence-electron chi connectivity index (χ0n) is 12.4. The molecule has 1 unspecified atom stereocenters. The fourth-order valence-corrected chi connectivity index (χ4v) is 1.77. The summed E-state index contributed by atoms with van der Waals surface area (Å²) in [5.41, 5.74) is 0. The Morgan fingerprint density at radius 3 is 2.68 bits per heavy atom. The first-order valence-electron chi connectivity index (χ1n) is 6.98. The molecule has 1 atom stereocenters. The molecule has 1 aromatic heterocycles. The van der Waals surface area contributed by atoms with Gasteiger partial charge in [-0.2, -0.15) is 0 Å². The number of hydrogen-bond acceptors (Lipinski definition) is 3. The van der Waals surface area contributed by atoms with E-state index in [1.54, 1.807) is 6.20 Å². The summed E-state index contributed by atoms with van der Waals surface area (Å²) in [6, 6.07) is -0.160. The second-order valence-corrected chi connectivity index (χ2v) is 5.35. The number of aryl methyl sites for hydroxylation is 1. The van der Waals surface area contributed by atoms with Gasteiger partial charge in [0, 0.05) is 39.0 Å². The molecule has 5 heteroatoms. The quantitative estimate of drug-likeness (QED) is 0.741. The number of nitrogens with one attached hydrogen (secondary N) is 2. The molecular formula is C14H26N4O. The maximum absolute atomic E-state index is 11.8. The molecule has 1 amide bonds. The Morgan fingerprint density at radius 1 is 1.37 bits per heavy atom. The predicted molar refractivity (Wildman–Crippen MR) is 76.8 cm³/mol. The van der Waals surface area contributed by atoms with Gasteiger partial charge in [0.05, 0.1) is 6.04 Å². The van der Waals surface area contributed by atoms with Crippen LogP contribution >= 0.6 is 0 Å². The van der Waals surface area contributed by atoms with Gasteiger partial charge in [0.15, 0.2) is 0 Å². The first-order valence-corrected chi connectivity index (χ1v) is 6.98. The van der Waals surface area contributed by atoms with Crippen molar-refractivity contribution < 1.29 is 4.79 Å². The normalized spacial score (nSPS) is 12.7. The number of nitrogens with zero attached hydrogens (tertiary/aromatic N) is 2. The number of carbonyl (C=O) groups excluding carboxylic acids is 1. The van der Waals surface area contributed by atoms with Gasteiger partial charge in [-0.25, -0.2) is 4.98 Å². The van der Waals surface area contributed by atoms with Crippen LogP contribution in [-0.4, -0.2) is 34.6 Å². The largest absolute Gasteiger partial charge is 0.355 e. The van der Waals surface area contributed by atoms with Crippen LogP contribution in [0, 0.1) is 5.92 Å². The molecule has 5 nitrogen and oxygen atoms in total. The number of amides is 1. The van der Waals surface area contributed by atoms with Crippen LogP contribution in [0.1, 0.15) is 33.0 Å². The fourth-order valence-electron chi connectivity index (χ4n) is 1.77. The number of carbonyl (C=O) groups is 1. The molecule has 19 heavy (non-hydrogen) atoms. The van der Waals surface area contributed by atoms with E-state index in [1.165, 1.54) is 0 Å². The number of rotatable bonds is 8. The second kappa shape index (κ2) is 7.94. The fraction of sp³-hybridized carbons (Fsp3) is 0.714. The van der Waals surface area contributed by atoms with Gasteiger partial charge in [-0.3, -0.25) is 4.79 Å². The molecule has 1 aromatic rings. The molecule has 0 bridgehead atoms. The van der Waals surface area contributed by atoms with E-state index in [4.69, 9.17) is 0 Å². The highest BCUT2D eigenvalue weighted by Gasteiger charge is 2.11. The third kappa shape index (κ3) is 5.87. The zero-order valence-corrected chi connectivity index (χ0v) is 12.4. The first-order chi connectivity index (χ1) is 9.00. The van der Waals surface area contributed by atoms with Crippen molar-refractivity contribution in [3.8, 4) is 0 Å². The summed E-state index contributed by atoms with van der Waals surface area (Å²) < 4.78 is 2.00. The zero-order chi connectivity index (χ0) is 14.3. The molecule has 108 valence electrons. The molecule has 2 N–H and O–H groups in total. The minimum Gasteiger partial charge on any atom is -0.355 e. The van der Waals surface area contributed by atoms with Gasteiger partial charge < -0.3 is 15.2 Å². The summed E-state index contributed by atoms with van der Waals surface area (Å²) in [7, 11) is 1.98. The van der Waals surface area contributed by atoms with Crippen molar-refractivity contribution in [2.75, 3.05) is 13.1 Å². The molecule has 0 fully saturated rings. The number of aromatic nitrogens is 2. The summed E-state index contributed by atoms with van der Waals surface area (Å²) in [5.74, 6) is 1.72. The predicted octanol–water partition coefficient (Wildman–Crippen LogP) is 1.10. The highest BCUT2D eigenvalue weighted by molar-refractivity contribution is 5.81.